The molecule has 0 N–H and O–H groups in total. The molecule has 0 bridgehead atoms. The molecule has 0 aromatic carbocycles. The first kappa shape index (κ1) is 19.1. The maximum atomic E-state index is 11.9. The molecule has 0 amide bonds. The Labute approximate surface area is 124 Å². The number of carbonyl (C=O) groups is 1. The Hall–Kier alpha value is -0.930. The van der Waals surface area contributed by atoms with E-state index in [4.69, 9.17) is 9.47 Å². The van der Waals surface area contributed by atoms with Crippen molar-refractivity contribution in [3.8, 4) is 0 Å². The van der Waals surface area contributed by atoms with Crippen molar-refractivity contribution in [2.45, 2.75) is 66.6 Å². The highest BCUT2D eigenvalue weighted by Crippen LogP contribution is 2.10. The smallest absolute Gasteiger partial charge is 0.217 e. The van der Waals surface area contributed by atoms with Gasteiger partial charge in [0.05, 0.1) is 0 Å². The number of ether oxygens (including phenoxy) is 2. The Morgan fingerprint density at radius 3 is 2.00 bits per heavy atom. The van der Waals surface area contributed by atoms with Crippen LogP contribution < -0.4 is 0 Å². The molecule has 3 nitrogen and oxygen atoms in total. The van der Waals surface area contributed by atoms with Crippen LogP contribution in [0.2, 0.25) is 0 Å². The van der Waals surface area contributed by atoms with Crippen LogP contribution >= 0.6 is 0 Å². The molecule has 0 aromatic heterocycles. The van der Waals surface area contributed by atoms with Gasteiger partial charge in [-0.25, -0.2) is 0 Å². The summed E-state index contributed by atoms with van der Waals surface area (Å²) in [6, 6.07) is 0. The van der Waals surface area contributed by atoms with Crippen LogP contribution in [0.5, 0.6) is 0 Å². The molecule has 116 valence electrons. The van der Waals surface area contributed by atoms with Crippen molar-refractivity contribution in [2.75, 3.05) is 13.2 Å². The first-order valence-electron chi connectivity index (χ1n) is 7.56. The second-order valence-electron chi connectivity index (χ2n) is 5.12. The molecule has 3 heteroatoms. The SMILES string of the molecule is CCOC(OCC)C(=O)CCC=C(C)CCC=C(C)C. The first-order valence-corrected chi connectivity index (χ1v) is 7.56. The van der Waals surface area contributed by atoms with Gasteiger partial charge in [-0.3, -0.25) is 4.79 Å². The van der Waals surface area contributed by atoms with Crippen molar-refractivity contribution in [1.82, 2.24) is 0 Å². The monoisotopic (exact) mass is 282 g/mol. The van der Waals surface area contributed by atoms with Crippen LogP contribution in [-0.4, -0.2) is 25.3 Å². The van der Waals surface area contributed by atoms with E-state index in [9.17, 15) is 4.79 Å². The van der Waals surface area contributed by atoms with Crippen molar-refractivity contribution < 1.29 is 14.3 Å². The van der Waals surface area contributed by atoms with E-state index in [1.54, 1.807) is 0 Å². The van der Waals surface area contributed by atoms with Crippen molar-refractivity contribution in [1.29, 1.82) is 0 Å². The van der Waals surface area contributed by atoms with E-state index in [-0.39, 0.29) is 5.78 Å². The van der Waals surface area contributed by atoms with Crippen LogP contribution in [-0.2, 0) is 14.3 Å². The van der Waals surface area contributed by atoms with Gasteiger partial charge >= 0.3 is 0 Å². The van der Waals surface area contributed by atoms with Gasteiger partial charge in [0.15, 0.2) is 5.78 Å². The van der Waals surface area contributed by atoms with Crippen molar-refractivity contribution >= 4 is 5.78 Å². The zero-order valence-electron chi connectivity index (χ0n) is 13.7. The molecule has 0 aliphatic carbocycles. The fraction of sp³-hybridized carbons (Fsp3) is 0.706. The largest absolute Gasteiger partial charge is 0.346 e. The van der Waals surface area contributed by atoms with Gasteiger partial charge in [-0.1, -0.05) is 23.3 Å². The van der Waals surface area contributed by atoms with Crippen LogP contribution in [0.4, 0.5) is 0 Å². The molecule has 0 fully saturated rings. The summed E-state index contributed by atoms with van der Waals surface area (Å²) in [5.41, 5.74) is 2.68. The standard InChI is InChI=1S/C17H30O3/c1-6-19-17(20-7-2)16(18)13-9-12-15(5)11-8-10-14(3)4/h10,12,17H,6-9,11,13H2,1-5H3. The van der Waals surface area contributed by atoms with Crippen LogP contribution in [0.3, 0.4) is 0 Å². The van der Waals surface area contributed by atoms with E-state index >= 15 is 0 Å². The molecule has 0 radical (unpaired) electrons. The van der Waals surface area contributed by atoms with E-state index in [2.05, 4.69) is 32.9 Å². The zero-order chi connectivity index (χ0) is 15.4. The van der Waals surface area contributed by atoms with E-state index in [1.807, 2.05) is 13.8 Å². The molecular formula is C17H30O3. The molecule has 0 saturated carbocycles. The van der Waals surface area contributed by atoms with Gasteiger partial charge in [0.2, 0.25) is 6.29 Å². The van der Waals surface area contributed by atoms with Crippen LogP contribution in [0.15, 0.2) is 23.3 Å². The summed E-state index contributed by atoms with van der Waals surface area (Å²) in [4.78, 5) is 11.9. The van der Waals surface area contributed by atoms with E-state index in [1.165, 1.54) is 11.1 Å². The van der Waals surface area contributed by atoms with Gasteiger partial charge < -0.3 is 9.47 Å². The van der Waals surface area contributed by atoms with Crippen LogP contribution in [0, 0.1) is 0 Å². The molecule has 0 atom stereocenters. The Bertz CT molecular complexity index is 319. The third-order valence-electron chi connectivity index (χ3n) is 2.87. The summed E-state index contributed by atoms with van der Waals surface area (Å²) >= 11 is 0. The van der Waals surface area contributed by atoms with E-state index < -0.39 is 6.29 Å². The molecule has 20 heavy (non-hydrogen) atoms. The summed E-state index contributed by atoms with van der Waals surface area (Å²) in [7, 11) is 0. The molecule has 0 aliphatic rings. The Morgan fingerprint density at radius 2 is 1.50 bits per heavy atom. The number of rotatable bonds is 11. The Morgan fingerprint density at radius 1 is 0.950 bits per heavy atom. The third kappa shape index (κ3) is 9.93. The molecule has 0 spiro atoms. The summed E-state index contributed by atoms with van der Waals surface area (Å²) in [6.45, 7) is 11.1. The lowest BCUT2D eigenvalue weighted by atomic mass is 10.1. The number of allylic oxidation sites excluding steroid dienone is 4. The minimum atomic E-state index is -0.690. The highest BCUT2D eigenvalue weighted by molar-refractivity contribution is 5.81. The fourth-order valence-electron chi connectivity index (χ4n) is 1.81. The van der Waals surface area contributed by atoms with Gasteiger partial charge in [-0.15, -0.1) is 0 Å². The van der Waals surface area contributed by atoms with E-state index in [0.717, 1.165) is 19.3 Å². The van der Waals surface area contributed by atoms with Gasteiger partial charge in [0.1, 0.15) is 0 Å². The molecular weight excluding hydrogens is 252 g/mol. The minimum Gasteiger partial charge on any atom is -0.346 e. The van der Waals surface area contributed by atoms with Gasteiger partial charge in [-0.2, -0.15) is 0 Å². The summed E-state index contributed by atoms with van der Waals surface area (Å²) in [5.74, 6) is 0.0297. The average Bonchev–Trinajstić information content (AvgIpc) is 2.38. The van der Waals surface area contributed by atoms with Crippen molar-refractivity contribution in [3.05, 3.63) is 23.3 Å². The first-order chi connectivity index (χ1) is 9.51. The third-order valence-corrected chi connectivity index (χ3v) is 2.87. The topological polar surface area (TPSA) is 35.5 Å². The average molecular weight is 282 g/mol. The summed E-state index contributed by atoms with van der Waals surface area (Å²) in [5, 5.41) is 0. The lowest BCUT2D eigenvalue weighted by Crippen LogP contribution is -2.27. The second kappa shape index (κ2) is 11.9. The van der Waals surface area contributed by atoms with Crippen LogP contribution in [0.1, 0.15) is 60.3 Å². The number of carbonyl (C=O) groups excluding carboxylic acids is 1. The number of hydrogen-bond acceptors (Lipinski definition) is 3. The summed E-state index contributed by atoms with van der Waals surface area (Å²) in [6.07, 6.45) is 7.05. The second-order valence-corrected chi connectivity index (χ2v) is 5.12. The molecule has 0 unspecified atom stereocenters. The number of Topliss-reactive ketones (excluding diaryl/α,β-unsaturated/α-hetero) is 1. The quantitative estimate of drug-likeness (QED) is 0.415. The minimum absolute atomic E-state index is 0.0297. The maximum absolute atomic E-state index is 11.9. The molecule has 0 rings (SSSR count). The lowest BCUT2D eigenvalue weighted by molar-refractivity contribution is -0.167. The van der Waals surface area contributed by atoms with Crippen molar-refractivity contribution in [2.24, 2.45) is 0 Å². The fourth-order valence-corrected chi connectivity index (χ4v) is 1.81. The predicted molar refractivity (Wildman–Crippen MR) is 83.7 cm³/mol. The number of hydrogen-bond donors (Lipinski definition) is 0. The van der Waals surface area contributed by atoms with Crippen molar-refractivity contribution in [3.63, 3.8) is 0 Å². The highest BCUT2D eigenvalue weighted by atomic mass is 16.7. The molecule has 0 aromatic rings. The van der Waals surface area contributed by atoms with Crippen LogP contribution in [0.25, 0.3) is 0 Å². The highest BCUT2D eigenvalue weighted by Gasteiger charge is 2.17. The normalized spacial score (nSPS) is 11.8. The predicted octanol–water partition coefficient (Wildman–Crippen LogP) is 4.43. The van der Waals surface area contributed by atoms with E-state index in [0.29, 0.717) is 19.6 Å². The molecule has 0 heterocycles. The number of ketones is 1. The van der Waals surface area contributed by atoms with Gasteiger partial charge in [-0.05, 0) is 53.9 Å². The molecule has 0 saturated heterocycles. The zero-order valence-corrected chi connectivity index (χ0v) is 13.7. The van der Waals surface area contributed by atoms with Gasteiger partial charge in [0.25, 0.3) is 0 Å². The maximum Gasteiger partial charge on any atom is 0.217 e. The Kier molecular flexibility index (Phi) is 11.3. The Balaban J connectivity index is 4.06. The summed E-state index contributed by atoms with van der Waals surface area (Å²) < 4.78 is 10.6. The molecule has 0 aliphatic heterocycles. The van der Waals surface area contributed by atoms with Gasteiger partial charge in [0, 0.05) is 19.6 Å². The lowest BCUT2D eigenvalue weighted by Gasteiger charge is -2.15.